The Bertz CT molecular complexity index is 3060. The van der Waals surface area contributed by atoms with Gasteiger partial charge in [-0.25, -0.2) is 0 Å². The smallest absolute Gasteiger partial charge is 0.220 e. The molecule has 40 heteroatoms. The van der Waals surface area contributed by atoms with Gasteiger partial charge >= 0.3 is 0 Å². The Balaban J connectivity index is 1.01. The quantitative estimate of drug-likeness (QED) is 0.0271. The van der Waals surface area contributed by atoms with Crippen molar-refractivity contribution >= 4 is 17.7 Å². The van der Waals surface area contributed by atoms with Gasteiger partial charge in [0.2, 0.25) is 17.7 Å². The zero-order valence-corrected chi connectivity index (χ0v) is 76.8. The fourth-order valence-electron chi connectivity index (χ4n) is 17.9. The van der Waals surface area contributed by atoms with Crippen molar-refractivity contribution in [1.29, 1.82) is 0 Å². The van der Waals surface area contributed by atoms with Crippen LogP contribution in [0.4, 0.5) is 0 Å². The molecule has 7 heterocycles. The topological polar surface area (TPSA) is 621 Å². The van der Waals surface area contributed by atoms with Gasteiger partial charge in [0.1, 0.15) is 165 Å². The average Bonchev–Trinajstić information content (AvgIpc) is 0.756. The third-order valence-electron chi connectivity index (χ3n) is 25.8. The Morgan fingerprint density at radius 2 is 0.631 bits per heavy atom. The van der Waals surface area contributed by atoms with Crippen molar-refractivity contribution in [2.24, 2.45) is 0 Å². The molecule has 37 atom stereocenters. The molecule has 0 aromatic carbocycles. The highest BCUT2D eigenvalue weighted by molar-refractivity contribution is 5.76. The van der Waals surface area contributed by atoms with Crippen molar-refractivity contribution in [3.63, 3.8) is 0 Å². The zero-order chi connectivity index (χ0) is 94.9. The van der Waals surface area contributed by atoms with Gasteiger partial charge in [0.25, 0.3) is 0 Å². The largest absolute Gasteiger partial charge is 0.394 e. The van der Waals surface area contributed by atoms with Gasteiger partial charge in [0.05, 0.1) is 64.5 Å². The van der Waals surface area contributed by atoms with Crippen molar-refractivity contribution < 1.29 is 183 Å². The minimum absolute atomic E-state index is 0.154. The number of allylic oxidation sites excluding steroid dienone is 1. The van der Waals surface area contributed by atoms with Crippen molar-refractivity contribution in [2.75, 3.05) is 46.2 Å². The van der Waals surface area contributed by atoms with Crippen LogP contribution in [-0.2, 0) is 80.7 Å². The fraction of sp³-hybridized carbons (Fsp3) is 0.944. The molecule has 7 saturated heterocycles. The van der Waals surface area contributed by atoms with Crippen LogP contribution in [0.2, 0.25) is 0 Å². The number of aliphatic hydroxyl groups is 20. The van der Waals surface area contributed by atoms with Gasteiger partial charge in [-0.15, -0.1) is 0 Å². The molecule has 40 nitrogen and oxygen atoms in total. The second-order valence-electron chi connectivity index (χ2n) is 36.3. The molecule has 0 bridgehead atoms. The molecule has 14 unspecified atom stereocenters. The maximum Gasteiger partial charge on any atom is 0.220 e. The fourth-order valence-corrected chi connectivity index (χ4v) is 17.9. The molecule has 760 valence electrons. The number of hydrogen-bond donors (Lipinski definition) is 23. The number of rotatable bonds is 62. The molecule has 7 aliphatic rings. The Kier molecular flexibility index (Phi) is 53.6. The summed E-state index contributed by atoms with van der Waals surface area (Å²) in [7, 11) is 0. The van der Waals surface area contributed by atoms with Crippen LogP contribution in [0, 0.1) is 0 Å². The standard InChI is InChI=1S/C90H163N3O37/c1-6-8-10-12-14-16-18-20-21-22-23-24-25-26-27-28-29-31-33-35-37-39-41-43-62(103)93-54(55(102)42-40-38-36-34-32-30-19-17-15-13-11-9-7-2)50-117-86-75(114)72(111)79(60(48-98)124-86)126-89-76(115)83(68(107)57(45-95)120-89)130-85-64(92-53(5)101)81(128-87-73(112)70(109)65(104)51(3)118-87)80(61(49-99)123-85)127-90-77(116)82(67(106)58(46-96)121-90)129-84-63(91-52(4)100)69(108)78(59(47-97)122-84)125-88-74(113)71(110)66(105)56(44-94)119-88/h40,42,51,54-61,63-90,94-99,102,104-116H,6-39,41,43-50H2,1-5H3,(H,91,100)(H,92,101)(H,93,103)/b42-40+/t51?,54-,55+,56?,57?,58?,59?,60?,61?,63?,64?,65+,66-,67-,68-,69+,70?,71-,72+,73-,74?,75?,76?,77?,78+,79+,80+,81+,82-,83-,84-,85-,86+,87+,88-,89-,90-/m0/s1. The average molecular weight is 1880 g/mol. The van der Waals surface area contributed by atoms with Gasteiger partial charge in [-0.2, -0.15) is 0 Å². The van der Waals surface area contributed by atoms with Gasteiger partial charge in [0.15, 0.2) is 44.0 Å². The van der Waals surface area contributed by atoms with Crippen LogP contribution in [0.1, 0.15) is 266 Å². The van der Waals surface area contributed by atoms with E-state index in [9.17, 15) is 117 Å². The molecule has 0 aromatic rings. The highest BCUT2D eigenvalue weighted by Gasteiger charge is 2.60. The Morgan fingerprint density at radius 3 is 1.05 bits per heavy atom. The summed E-state index contributed by atoms with van der Waals surface area (Å²) in [5, 5.41) is 233. The van der Waals surface area contributed by atoms with Gasteiger partial charge in [-0.05, 0) is 26.2 Å². The summed E-state index contributed by atoms with van der Waals surface area (Å²) in [5.74, 6) is -2.17. The van der Waals surface area contributed by atoms with Gasteiger partial charge in [-0.3, -0.25) is 14.4 Å². The molecule has 7 rings (SSSR count). The Hall–Kier alpha value is -3.21. The number of hydrogen-bond acceptors (Lipinski definition) is 37. The molecule has 0 aliphatic carbocycles. The van der Waals surface area contributed by atoms with Crippen LogP contribution in [0.5, 0.6) is 0 Å². The van der Waals surface area contributed by atoms with E-state index in [2.05, 4.69) is 29.8 Å². The summed E-state index contributed by atoms with van der Waals surface area (Å²) in [6.07, 6.45) is -21.1. The van der Waals surface area contributed by atoms with E-state index in [0.29, 0.717) is 12.8 Å². The van der Waals surface area contributed by atoms with Crippen LogP contribution in [-0.4, -0.2) is 393 Å². The molecule has 0 saturated carbocycles. The number of aliphatic hydroxyl groups excluding tert-OH is 20. The van der Waals surface area contributed by atoms with E-state index in [1.54, 1.807) is 6.08 Å². The molecule has 3 amide bonds. The molecule has 7 fully saturated rings. The molecular formula is C90H163N3O37. The lowest BCUT2D eigenvalue weighted by Crippen LogP contribution is -2.72. The highest BCUT2D eigenvalue weighted by Crippen LogP contribution is 2.40. The summed E-state index contributed by atoms with van der Waals surface area (Å²) in [4.78, 5) is 40.1. The lowest BCUT2D eigenvalue weighted by Gasteiger charge is -2.52. The molecule has 23 N–H and O–H groups in total. The first kappa shape index (κ1) is 114. The number of ether oxygens (including phenoxy) is 14. The Morgan fingerprint density at radius 1 is 0.315 bits per heavy atom. The SMILES string of the molecule is CCCCCCCCCCCCC/C=C/[C@@H](O)[C@H](CO[C@@H]1OC(CO)[C@@H](O[C@@H]2OC(CO)[C@H](O)[C@H](O[C@@H]3OC(CO)[C@@H](O[C@@H]4OC(CO)[C@H](O)[C@H](O[C@@H]5OC(CO)[C@@H](O[C@@H]6OC(CO)[C@H](O)[C@H](O)C6O)[C@H](O)C5NC(C)=O)C4O)[C@H](O[C@H]4OC(C)[C@@H](O)C(O)[C@@H]4O)C3NC(C)=O)C2O)[C@H](O)C1O)NC(=O)CCCCCCCCCCCCCCCCCCCCCCCCC. The first-order chi connectivity index (χ1) is 62.5. The number of carbonyl (C=O) groups excluding carboxylic acids is 3. The number of nitrogens with one attached hydrogen (secondary N) is 3. The van der Waals surface area contributed by atoms with Crippen LogP contribution in [0.3, 0.4) is 0 Å². The van der Waals surface area contributed by atoms with Crippen LogP contribution >= 0.6 is 0 Å². The summed E-state index contributed by atoms with van der Waals surface area (Å²) in [6, 6.07) is -4.88. The van der Waals surface area contributed by atoms with Gasteiger partial charge < -0.3 is 184 Å². The van der Waals surface area contributed by atoms with Crippen molar-refractivity contribution in [2.45, 2.75) is 493 Å². The molecule has 130 heavy (non-hydrogen) atoms. The van der Waals surface area contributed by atoms with Crippen molar-refractivity contribution in [3.05, 3.63) is 12.2 Å². The highest BCUT2D eigenvalue weighted by atomic mass is 16.8. The van der Waals surface area contributed by atoms with Gasteiger partial charge in [-0.1, -0.05) is 231 Å². The summed E-state index contributed by atoms with van der Waals surface area (Å²) in [6.45, 7) is 0.962. The summed E-state index contributed by atoms with van der Waals surface area (Å²) >= 11 is 0. The van der Waals surface area contributed by atoms with E-state index < -0.39 is 285 Å². The van der Waals surface area contributed by atoms with Gasteiger partial charge in [0, 0.05) is 20.3 Å². The van der Waals surface area contributed by atoms with Crippen LogP contribution in [0.15, 0.2) is 12.2 Å². The second kappa shape index (κ2) is 61.3. The predicted molar refractivity (Wildman–Crippen MR) is 462 cm³/mol. The lowest BCUT2D eigenvalue weighted by atomic mass is 9.93. The van der Waals surface area contributed by atoms with E-state index in [0.717, 1.165) is 65.2 Å². The van der Waals surface area contributed by atoms with E-state index in [-0.39, 0.29) is 12.3 Å². The predicted octanol–water partition coefficient (Wildman–Crippen LogP) is -0.451. The van der Waals surface area contributed by atoms with Crippen molar-refractivity contribution in [1.82, 2.24) is 16.0 Å². The minimum atomic E-state index is -2.36. The summed E-state index contributed by atoms with van der Waals surface area (Å²) in [5.41, 5.74) is 0. The zero-order valence-electron chi connectivity index (χ0n) is 76.8. The van der Waals surface area contributed by atoms with E-state index in [1.807, 2.05) is 6.08 Å². The van der Waals surface area contributed by atoms with Crippen molar-refractivity contribution in [3.8, 4) is 0 Å². The van der Waals surface area contributed by atoms with Crippen LogP contribution in [0.25, 0.3) is 0 Å². The first-order valence-corrected chi connectivity index (χ1v) is 48.3. The number of carbonyl (C=O) groups is 3. The monoisotopic (exact) mass is 1880 g/mol. The maximum atomic E-state index is 13.7. The molecule has 7 aliphatic heterocycles. The minimum Gasteiger partial charge on any atom is -0.394 e. The molecule has 0 spiro atoms. The first-order valence-electron chi connectivity index (χ1n) is 48.3. The molecule has 0 radical (unpaired) electrons. The van der Waals surface area contributed by atoms with Crippen LogP contribution < -0.4 is 16.0 Å². The van der Waals surface area contributed by atoms with E-state index in [1.165, 1.54) is 167 Å². The maximum absolute atomic E-state index is 13.7. The normalized spacial score (nSPS) is 37.3. The third kappa shape index (κ3) is 35.0. The molecular weight excluding hydrogens is 1710 g/mol. The second-order valence-corrected chi connectivity index (χ2v) is 36.3. The third-order valence-corrected chi connectivity index (χ3v) is 25.8. The van der Waals surface area contributed by atoms with E-state index >= 15 is 0 Å². The van der Waals surface area contributed by atoms with E-state index in [4.69, 9.17) is 66.3 Å². The molecule has 0 aromatic heterocycles. The number of unbranched alkanes of at least 4 members (excludes halogenated alkanes) is 33. The Labute approximate surface area is 764 Å². The number of amides is 3. The summed E-state index contributed by atoms with van der Waals surface area (Å²) < 4.78 is 84.5. The lowest BCUT2D eigenvalue weighted by molar-refractivity contribution is -0.397.